The van der Waals surface area contributed by atoms with E-state index in [0.717, 1.165) is 24.3 Å². The van der Waals surface area contributed by atoms with Gasteiger partial charge in [0.05, 0.1) is 53.5 Å². The molecule has 13 rings (SSSR count). The number of hydrogen-bond acceptors (Lipinski definition) is 19. The number of aliphatic hydroxyl groups excluding tert-OH is 1. The summed E-state index contributed by atoms with van der Waals surface area (Å²) in [6.07, 6.45) is -8.98. The van der Waals surface area contributed by atoms with E-state index in [4.69, 9.17) is 14.2 Å². The lowest BCUT2D eigenvalue weighted by Gasteiger charge is -2.40. The van der Waals surface area contributed by atoms with Gasteiger partial charge in [0.15, 0.2) is 11.6 Å². The van der Waals surface area contributed by atoms with Gasteiger partial charge in [-0.1, -0.05) is 97.1 Å². The highest BCUT2D eigenvalue weighted by Crippen LogP contribution is 2.66. The second-order valence-corrected chi connectivity index (χ2v) is 24.0. The molecule has 0 bridgehead atoms. The van der Waals surface area contributed by atoms with E-state index in [1.54, 1.807) is 60.7 Å². The molecule has 3 aliphatic rings. The summed E-state index contributed by atoms with van der Waals surface area (Å²) in [4.78, 5) is 32.4. The predicted octanol–water partition coefficient (Wildman–Crippen LogP) is 12.4. The van der Waals surface area contributed by atoms with Gasteiger partial charge in [0.1, 0.15) is 86.6 Å². The Morgan fingerprint density at radius 2 is 0.713 bits per heavy atom. The van der Waals surface area contributed by atoms with Crippen molar-refractivity contribution in [3.8, 4) is 80.5 Å². The third-order valence-corrected chi connectivity index (χ3v) is 18.5. The first-order valence-corrected chi connectivity index (χ1v) is 30.1. The molecule has 94 heavy (non-hydrogen) atoms. The molecule has 19 heteroatoms. The van der Waals surface area contributed by atoms with E-state index in [1.165, 1.54) is 121 Å². The molecule has 3 heterocycles. The number of phenolic OH excluding ortho intramolecular Hbond substituents is 13. The van der Waals surface area contributed by atoms with Crippen LogP contribution in [0.4, 0.5) is 0 Å². The van der Waals surface area contributed by atoms with Gasteiger partial charge < -0.3 is 85.7 Å². The molecule has 10 aromatic rings. The number of rotatable bonds is 15. The molecule has 3 aliphatic heterocycles. The number of aromatic hydroxyl groups is 13. The van der Waals surface area contributed by atoms with Gasteiger partial charge in [-0.2, -0.15) is 0 Å². The van der Waals surface area contributed by atoms with Crippen molar-refractivity contribution in [3.63, 3.8) is 0 Å². The lowest BCUT2D eigenvalue weighted by Crippen LogP contribution is -2.35. The Kier molecular flexibility index (Phi) is 16.1. The number of fused-ring (bicyclic) bond motifs is 1. The van der Waals surface area contributed by atoms with Crippen molar-refractivity contribution < 1.29 is 95.3 Å². The fourth-order valence-corrected chi connectivity index (χ4v) is 14.3. The summed E-state index contributed by atoms with van der Waals surface area (Å²) in [5.74, 6) is -16.4. The first kappa shape index (κ1) is 61.5. The molecule has 0 spiro atoms. The number of carbonyl (C=O) groups excluding carboxylic acids is 2. The van der Waals surface area contributed by atoms with Gasteiger partial charge in [-0.3, -0.25) is 9.59 Å². The minimum Gasteiger partial charge on any atom is -0.508 e. The normalized spacial score (nSPS) is 22.2. The molecule has 2 fully saturated rings. The van der Waals surface area contributed by atoms with Crippen LogP contribution in [0.5, 0.6) is 80.5 Å². The molecule has 0 radical (unpaired) electrons. The maximum absolute atomic E-state index is 16.2. The average Bonchev–Trinajstić information content (AvgIpc) is 1.33. The number of aliphatic hydroxyl groups is 1. The molecule has 12 atom stereocenters. The number of phenols is 13. The summed E-state index contributed by atoms with van der Waals surface area (Å²) in [6.45, 7) is 0. The fraction of sp³-hybridized carbons (Fsp3) is 0.173. The molecule has 0 saturated carbocycles. The van der Waals surface area contributed by atoms with Gasteiger partial charge in [0.2, 0.25) is 0 Å². The van der Waals surface area contributed by atoms with E-state index in [1.807, 2.05) is 0 Å². The summed E-state index contributed by atoms with van der Waals surface area (Å²) in [7, 11) is 0. The maximum atomic E-state index is 16.2. The summed E-state index contributed by atoms with van der Waals surface area (Å²) in [6, 6.07) is 48.5. The zero-order chi connectivity index (χ0) is 66.0. The molecule has 10 aromatic carbocycles. The first-order valence-electron chi connectivity index (χ1n) is 30.1. The quantitative estimate of drug-likeness (QED) is 0.0424. The van der Waals surface area contributed by atoms with E-state index in [9.17, 15) is 71.5 Å². The van der Waals surface area contributed by atoms with Crippen LogP contribution in [0.15, 0.2) is 206 Å². The van der Waals surface area contributed by atoms with Crippen LogP contribution in [-0.4, -0.2) is 89.2 Å². The van der Waals surface area contributed by atoms with Gasteiger partial charge >= 0.3 is 0 Å². The molecule has 19 nitrogen and oxygen atoms in total. The van der Waals surface area contributed by atoms with Crippen LogP contribution in [0.1, 0.15) is 119 Å². The summed E-state index contributed by atoms with van der Waals surface area (Å²) in [5.41, 5.74) is 0.402. The molecule has 0 unspecified atom stereocenters. The van der Waals surface area contributed by atoms with Crippen molar-refractivity contribution in [2.45, 2.75) is 54.9 Å². The van der Waals surface area contributed by atoms with Crippen LogP contribution < -0.4 is 4.74 Å². The van der Waals surface area contributed by atoms with Crippen molar-refractivity contribution in [3.05, 3.63) is 273 Å². The Bertz CT molecular complexity index is 4500. The molecule has 14 N–H and O–H groups in total. The lowest BCUT2D eigenvalue weighted by atomic mass is 9.64. The second-order valence-electron chi connectivity index (χ2n) is 24.0. The van der Waals surface area contributed by atoms with E-state index < -0.39 is 125 Å². The van der Waals surface area contributed by atoms with E-state index in [-0.39, 0.29) is 84.9 Å². The minimum absolute atomic E-state index is 0.00585. The van der Waals surface area contributed by atoms with Gasteiger partial charge in [-0.25, -0.2) is 0 Å². The monoisotopic (exact) mass is 1270 g/mol. The van der Waals surface area contributed by atoms with Crippen LogP contribution in [0, 0.1) is 23.7 Å². The van der Waals surface area contributed by atoms with Gasteiger partial charge in [0, 0.05) is 82.2 Å². The van der Waals surface area contributed by atoms with Crippen LogP contribution >= 0.6 is 0 Å². The number of ketones is 2. The van der Waals surface area contributed by atoms with Crippen LogP contribution in [0.25, 0.3) is 0 Å². The number of benzene rings is 10. The van der Waals surface area contributed by atoms with Crippen molar-refractivity contribution in [2.24, 2.45) is 23.7 Å². The molecule has 476 valence electrons. The Morgan fingerprint density at radius 1 is 0.362 bits per heavy atom. The number of carbonyl (C=O) groups is 2. The topological polar surface area (TPSA) is 345 Å². The molecule has 0 amide bonds. The number of hydrogen-bond donors (Lipinski definition) is 14. The van der Waals surface area contributed by atoms with Gasteiger partial charge in [-0.05, 0) is 113 Å². The fourth-order valence-electron chi connectivity index (χ4n) is 14.3. The highest BCUT2D eigenvalue weighted by Gasteiger charge is 2.59. The zero-order valence-corrected chi connectivity index (χ0v) is 49.6. The van der Waals surface area contributed by atoms with Crippen LogP contribution in [0.2, 0.25) is 0 Å². The Balaban J connectivity index is 1.16. The summed E-state index contributed by atoms with van der Waals surface area (Å²) in [5, 5.41) is 163. The van der Waals surface area contributed by atoms with Crippen molar-refractivity contribution >= 4 is 11.6 Å². The van der Waals surface area contributed by atoms with Crippen LogP contribution in [0.3, 0.4) is 0 Å². The summed E-state index contributed by atoms with van der Waals surface area (Å²) >= 11 is 0. The maximum Gasteiger partial charge on any atom is 0.173 e. The SMILES string of the molecule is O=C(c1ccc(O)cc1O)[C@H]1[C@H]([C@@H](c2ccccc2)c2c(O)c3c(c([C@H](c4ccccc4)[C@H]4[C@H](C(=O)c5ccc(O)cc5O)[C@@H](c5ccc(O)cc5)O[C@H]4c4ccc(O)cc4O)c2O)O[C@H](c2ccc(O)cc2)[C@@H](O)C3)[C@H](c2ccc(O)cc2O)O[C@@H]1c1ccc(O)cc1. The van der Waals surface area contributed by atoms with Crippen molar-refractivity contribution in [1.29, 1.82) is 0 Å². The van der Waals surface area contributed by atoms with Crippen LogP contribution in [-0.2, 0) is 15.9 Å². The average molecular weight is 1270 g/mol. The van der Waals surface area contributed by atoms with Gasteiger partial charge in [-0.15, -0.1) is 0 Å². The van der Waals surface area contributed by atoms with E-state index in [2.05, 4.69) is 0 Å². The molecular weight excluding hydrogens is 1200 g/mol. The predicted molar refractivity (Wildman–Crippen MR) is 339 cm³/mol. The minimum atomic E-state index is -1.55. The second kappa shape index (κ2) is 24.7. The summed E-state index contributed by atoms with van der Waals surface area (Å²) < 4.78 is 21.4. The third kappa shape index (κ3) is 11.1. The number of ether oxygens (including phenoxy) is 3. The third-order valence-electron chi connectivity index (χ3n) is 18.5. The molecular formula is C75H62O19. The smallest absolute Gasteiger partial charge is 0.173 e. The largest absolute Gasteiger partial charge is 0.508 e. The first-order chi connectivity index (χ1) is 45.2. The van der Waals surface area contributed by atoms with Crippen molar-refractivity contribution in [2.75, 3.05) is 0 Å². The Labute approximate surface area is 536 Å². The number of Topliss-reactive ketones (excluding diaryl/α,β-unsaturated/α-hetero) is 2. The lowest BCUT2D eigenvalue weighted by molar-refractivity contribution is 0.0168. The molecule has 0 aromatic heterocycles. The molecule has 2 saturated heterocycles. The zero-order valence-electron chi connectivity index (χ0n) is 49.6. The van der Waals surface area contributed by atoms with Crippen molar-refractivity contribution in [1.82, 2.24) is 0 Å². The Hall–Kier alpha value is -11.4. The highest BCUT2D eigenvalue weighted by molar-refractivity contribution is 6.02. The Morgan fingerprint density at radius 3 is 1.10 bits per heavy atom. The molecule has 0 aliphatic carbocycles. The standard InChI is InChI=1S/C75H62O19/c76-41-17-11-38(12-18-41)70-57(87)35-52-68(90)62(58(36-7-3-1-4-8-36)60-64(66(88)48-27-23-44(79)31-53(48)83)71(39-13-19-42(77)20-14-39)93-73(60)50-29-25-46(81)33-55(50)85)69(91)63(75(52)92-70)59(37-9-5-2-6-10-37)61-65(67(89)49-28-24-45(80)32-54(49)84)72(40-15-21-43(78)22-16-40)94-74(61)51-30-26-47(82)34-56(51)86/h1-34,57-61,64-65,70-74,76-87,90-91H,35H2/t57-,58+,59+,60-,61-,64+,65+,70+,71+,72+,73-,74-/m0/s1. The van der Waals surface area contributed by atoms with E-state index in [0.29, 0.717) is 27.8 Å². The van der Waals surface area contributed by atoms with Gasteiger partial charge in [0.25, 0.3) is 0 Å². The highest BCUT2D eigenvalue weighted by atomic mass is 16.5. The van der Waals surface area contributed by atoms with E-state index >= 15 is 9.59 Å².